The molecule has 0 radical (unpaired) electrons. The summed E-state index contributed by atoms with van der Waals surface area (Å²) in [5.74, 6) is 0. The highest BCUT2D eigenvalue weighted by Crippen LogP contribution is 2.15. The molecular weight excluding hydrogens is 270 g/mol. The smallest absolute Gasteiger partial charge is 0.0908 e. The maximum absolute atomic E-state index is 6.00. The predicted molar refractivity (Wildman–Crippen MR) is 92.7 cm³/mol. The first-order valence-electron chi connectivity index (χ1n) is 7.79. The van der Waals surface area contributed by atoms with Gasteiger partial charge in [0.1, 0.15) is 0 Å². The molecule has 3 atom stereocenters. The van der Waals surface area contributed by atoms with Gasteiger partial charge in [-0.05, 0) is 25.0 Å². The lowest BCUT2D eigenvalue weighted by Gasteiger charge is -2.26. The number of nitrogens with one attached hydrogen (secondary N) is 1. The Morgan fingerprint density at radius 1 is 1.00 bits per heavy atom. The maximum Gasteiger partial charge on any atom is 0.0908 e. The van der Waals surface area contributed by atoms with Crippen molar-refractivity contribution in [3.05, 3.63) is 84.4 Å². The first-order chi connectivity index (χ1) is 10.7. The fourth-order valence-electron chi connectivity index (χ4n) is 2.51. The van der Waals surface area contributed by atoms with Gasteiger partial charge in [0.2, 0.25) is 0 Å². The lowest BCUT2D eigenvalue weighted by atomic mass is 10.1. The molecule has 2 aromatic rings. The summed E-state index contributed by atoms with van der Waals surface area (Å²) in [7, 11) is 0. The fourth-order valence-corrected chi connectivity index (χ4v) is 2.51. The van der Waals surface area contributed by atoms with Crippen molar-refractivity contribution in [2.75, 3.05) is 0 Å². The predicted octanol–water partition coefficient (Wildman–Crippen LogP) is 4.50. The summed E-state index contributed by atoms with van der Waals surface area (Å²) < 4.78 is 6.00. The van der Waals surface area contributed by atoms with E-state index in [9.17, 15) is 0 Å². The van der Waals surface area contributed by atoms with E-state index in [0.717, 1.165) is 0 Å². The molecule has 0 aliphatic rings. The molecule has 2 aromatic carbocycles. The molecule has 2 heteroatoms. The number of benzene rings is 2. The Morgan fingerprint density at radius 3 is 2.18 bits per heavy atom. The zero-order valence-corrected chi connectivity index (χ0v) is 13.4. The van der Waals surface area contributed by atoms with Crippen LogP contribution in [-0.2, 0) is 11.3 Å². The molecule has 0 bridgehead atoms. The van der Waals surface area contributed by atoms with E-state index in [1.54, 1.807) is 0 Å². The van der Waals surface area contributed by atoms with Crippen molar-refractivity contribution in [3.63, 3.8) is 0 Å². The number of hydrogen-bond donors (Lipinski definition) is 1. The van der Waals surface area contributed by atoms with Crippen LogP contribution >= 0.6 is 0 Å². The minimum atomic E-state index is -0.0219. The Balaban J connectivity index is 1.88. The van der Waals surface area contributed by atoms with Gasteiger partial charge in [-0.3, -0.25) is 0 Å². The molecule has 2 nitrogen and oxygen atoms in total. The second-order valence-corrected chi connectivity index (χ2v) is 5.58. The minimum absolute atomic E-state index is 0.0219. The average Bonchev–Trinajstić information content (AvgIpc) is 2.57. The van der Waals surface area contributed by atoms with E-state index in [2.05, 4.69) is 62.1 Å². The monoisotopic (exact) mass is 295 g/mol. The summed E-state index contributed by atoms with van der Waals surface area (Å²) in [5.41, 5.74) is 2.46. The fraction of sp³-hybridized carbons (Fsp3) is 0.300. The van der Waals surface area contributed by atoms with Crippen LogP contribution in [0, 0.1) is 0 Å². The Kier molecular flexibility index (Phi) is 6.38. The van der Waals surface area contributed by atoms with Gasteiger partial charge < -0.3 is 10.1 Å². The lowest BCUT2D eigenvalue weighted by Crippen LogP contribution is -2.39. The van der Waals surface area contributed by atoms with E-state index in [1.165, 1.54) is 11.1 Å². The topological polar surface area (TPSA) is 21.3 Å². The summed E-state index contributed by atoms with van der Waals surface area (Å²) in [6.45, 7) is 8.82. The van der Waals surface area contributed by atoms with Crippen molar-refractivity contribution in [1.82, 2.24) is 5.32 Å². The summed E-state index contributed by atoms with van der Waals surface area (Å²) >= 11 is 0. The van der Waals surface area contributed by atoms with Crippen molar-refractivity contribution in [2.24, 2.45) is 0 Å². The Morgan fingerprint density at radius 2 is 1.59 bits per heavy atom. The molecule has 0 aromatic heterocycles. The van der Waals surface area contributed by atoms with Crippen LogP contribution in [0.4, 0.5) is 0 Å². The molecule has 0 aliphatic carbocycles. The maximum atomic E-state index is 6.00. The average molecular weight is 295 g/mol. The number of ether oxygens (including phenoxy) is 1. The SMILES string of the molecule is C=C[C@@H](OCc1ccccc1)[C@@H](C)N[C@H](C)c1ccccc1. The molecule has 0 amide bonds. The summed E-state index contributed by atoms with van der Waals surface area (Å²) in [6, 6.07) is 21.1. The normalized spacial score (nSPS) is 15.0. The van der Waals surface area contributed by atoms with Crippen LogP contribution in [0.5, 0.6) is 0 Å². The Bertz CT molecular complexity index is 552. The van der Waals surface area contributed by atoms with Gasteiger partial charge in [-0.15, -0.1) is 6.58 Å². The van der Waals surface area contributed by atoms with Gasteiger partial charge >= 0.3 is 0 Å². The van der Waals surface area contributed by atoms with Crippen molar-refractivity contribution < 1.29 is 4.74 Å². The van der Waals surface area contributed by atoms with Gasteiger partial charge in [-0.2, -0.15) is 0 Å². The molecule has 0 saturated carbocycles. The van der Waals surface area contributed by atoms with Crippen LogP contribution in [-0.4, -0.2) is 12.1 Å². The Labute approximate surface area is 133 Å². The van der Waals surface area contributed by atoms with Crippen LogP contribution in [0.2, 0.25) is 0 Å². The van der Waals surface area contributed by atoms with Gasteiger partial charge in [-0.25, -0.2) is 0 Å². The second kappa shape index (κ2) is 8.52. The van der Waals surface area contributed by atoms with Gasteiger partial charge in [0, 0.05) is 12.1 Å². The minimum Gasteiger partial charge on any atom is -0.368 e. The molecule has 2 rings (SSSR count). The molecule has 0 unspecified atom stereocenters. The van der Waals surface area contributed by atoms with Crippen molar-refractivity contribution >= 4 is 0 Å². The highest BCUT2D eigenvalue weighted by molar-refractivity contribution is 5.18. The van der Waals surface area contributed by atoms with Gasteiger partial charge in [0.15, 0.2) is 0 Å². The zero-order valence-electron chi connectivity index (χ0n) is 13.4. The quantitative estimate of drug-likeness (QED) is 0.724. The van der Waals surface area contributed by atoms with E-state index in [1.807, 2.05) is 30.3 Å². The molecule has 1 N–H and O–H groups in total. The molecule has 0 heterocycles. The van der Waals surface area contributed by atoms with Gasteiger partial charge in [-0.1, -0.05) is 66.7 Å². The van der Waals surface area contributed by atoms with Crippen LogP contribution < -0.4 is 5.32 Å². The van der Waals surface area contributed by atoms with Crippen LogP contribution in [0.15, 0.2) is 73.3 Å². The molecule has 116 valence electrons. The third-order valence-corrected chi connectivity index (χ3v) is 3.82. The van der Waals surface area contributed by atoms with Crippen molar-refractivity contribution in [3.8, 4) is 0 Å². The van der Waals surface area contributed by atoms with Crippen LogP contribution in [0.25, 0.3) is 0 Å². The number of hydrogen-bond acceptors (Lipinski definition) is 2. The van der Waals surface area contributed by atoms with E-state index in [-0.39, 0.29) is 18.2 Å². The van der Waals surface area contributed by atoms with Gasteiger partial charge in [0.05, 0.1) is 12.7 Å². The summed E-state index contributed by atoms with van der Waals surface area (Å²) in [6.07, 6.45) is 1.85. The Hall–Kier alpha value is -1.90. The van der Waals surface area contributed by atoms with Gasteiger partial charge in [0.25, 0.3) is 0 Å². The van der Waals surface area contributed by atoms with Crippen LogP contribution in [0.3, 0.4) is 0 Å². The lowest BCUT2D eigenvalue weighted by molar-refractivity contribution is 0.0479. The zero-order chi connectivity index (χ0) is 15.8. The molecule has 0 fully saturated rings. The van der Waals surface area contributed by atoms with E-state index >= 15 is 0 Å². The van der Waals surface area contributed by atoms with E-state index < -0.39 is 0 Å². The third kappa shape index (κ3) is 4.83. The summed E-state index contributed by atoms with van der Waals surface area (Å²) in [4.78, 5) is 0. The standard InChI is InChI=1S/C20H25NO/c1-4-20(22-15-18-11-7-5-8-12-18)17(3)21-16(2)19-13-9-6-10-14-19/h4-14,16-17,20-21H,1,15H2,2-3H3/t16-,17-,20-/m1/s1. The van der Waals surface area contributed by atoms with Crippen molar-refractivity contribution in [1.29, 1.82) is 0 Å². The molecule has 0 aliphatic heterocycles. The highest BCUT2D eigenvalue weighted by Gasteiger charge is 2.17. The molecule has 0 spiro atoms. The molecule has 0 saturated heterocycles. The third-order valence-electron chi connectivity index (χ3n) is 3.82. The second-order valence-electron chi connectivity index (χ2n) is 5.58. The largest absolute Gasteiger partial charge is 0.368 e. The molecular formula is C20H25NO. The van der Waals surface area contributed by atoms with Crippen molar-refractivity contribution in [2.45, 2.75) is 38.6 Å². The first-order valence-corrected chi connectivity index (χ1v) is 7.79. The highest BCUT2D eigenvalue weighted by atomic mass is 16.5. The van der Waals surface area contributed by atoms with E-state index in [4.69, 9.17) is 4.74 Å². The first kappa shape index (κ1) is 16.5. The van der Waals surface area contributed by atoms with Crippen LogP contribution in [0.1, 0.15) is 31.0 Å². The van der Waals surface area contributed by atoms with E-state index in [0.29, 0.717) is 6.61 Å². The summed E-state index contributed by atoms with van der Waals surface area (Å²) in [5, 5.41) is 3.59. The number of rotatable bonds is 8. The molecule has 22 heavy (non-hydrogen) atoms.